The minimum absolute atomic E-state index is 0.0143. The topological polar surface area (TPSA) is 127 Å². The lowest BCUT2D eigenvalue weighted by molar-refractivity contribution is 0.0830. The van der Waals surface area contributed by atoms with E-state index in [0.29, 0.717) is 10.4 Å². The molecule has 0 unspecified atom stereocenters. The van der Waals surface area contributed by atoms with Crippen molar-refractivity contribution < 1.29 is 27.2 Å². The second-order valence-corrected chi connectivity index (χ2v) is 8.31. The van der Waals surface area contributed by atoms with Crippen LogP contribution in [0.2, 0.25) is 0 Å². The van der Waals surface area contributed by atoms with Gasteiger partial charge in [-0.25, -0.2) is 8.42 Å². The van der Waals surface area contributed by atoms with Gasteiger partial charge in [-0.3, -0.25) is 25.2 Å². The summed E-state index contributed by atoms with van der Waals surface area (Å²) >= 11 is 3.07. The lowest BCUT2D eigenvalue weighted by Gasteiger charge is -2.12. The molecule has 2 aromatic carbocycles. The van der Waals surface area contributed by atoms with Crippen LogP contribution in [0.1, 0.15) is 20.9 Å². The van der Waals surface area contributed by atoms with Crippen LogP contribution in [-0.2, 0) is 10.0 Å². The summed E-state index contributed by atoms with van der Waals surface area (Å²) in [6.07, 6.45) is 0. The van der Waals surface area contributed by atoms with Gasteiger partial charge >= 0.3 is 5.91 Å². The van der Waals surface area contributed by atoms with Gasteiger partial charge in [-0.15, -0.1) is 0 Å². The third-order valence-electron chi connectivity index (χ3n) is 3.84. The first-order chi connectivity index (χ1) is 14.3. The van der Waals surface area contributed by atoms with Crippen molar-refractivity contribution in [2.24, 2.45) is 0 Å². The van der Waals surface area contributed by atoms with Crippen LogP contribution in [0.25, 0.3) is 0 Å². The summed E-state index contributed by atoms with van der Waals surface area (Å²) in [6.45, 7) is 0. The first-order valence-corrected chi connectivity index (χ1v) is 10.7. The smallest absolute Gasteiger partial charge is 0.305 e. The molecule has 0 saturated heterocycles. The van der Waals surface area contributed by atoms with Crippen molar-refractivity contribution in [2.75, 3.05) is 11.8 Å². The van der Waals surface area contributed by atoms with E-state index in [4.69, 9.17) is 9.15 Å². The fraction of sp³-hybridized carbons (Fsp3) is 0.0526. The van der Waals surface area contributed by atoms with Gasteiger partial charge in [0.05, 0.1) is 17.7 Å². The number of carbonyl (C=O) groups is 2. The van der Waals surface area contributed by atoms with Gasteiger partial charge in [0.25, 0.3) is 15.9 Å². The Kier molecular flexibility index (Phi) is 6.43. The summed E-state index contributed by atoms with van der Waals surface area (Å²) in [4.78, 5) is 24.1. The number of furan rings is 1. The van der Waals surface area contributed by atoms with Crippen molar-refractivity contribution in [1.82, 2.24) is 10.9 Å². The van der Waals surface area contributed by atoms with E-state index in [2.05, 4.69) is 31.5 Å². The number of para-hydroxylation sites is 2. The maximum absolute atomic E-state index is 12.7. The average Bonchev–Trinajstić information content (AvgIpc) is 3.18. The van der Waals surface area contributed by atoms with Gasteiger partial charge in [0.15, 0.2) is 10.4 Å². The van der Waals surface area contributed by atoms with E-state index in [1.54, 1.807) is 24.3 Å². The highest BCUT2D eigenvalue weighted by molar-refractivity contribution is 9.10. The van der Waals surface area contributed by atoms with Crippen LogP contribution in [-0.4, -0.2) is 27.3 Å². The van der Waals surface area contributed by atoms with E-state index >= 15 is 0 Å². The number of hydrazine groups is 1. The maximum atomic E-state index is 12.7. The van der Waals surface area contributed by atoms with Crippen molar-refractivity contribution in [3.05, 3.63) is 76.7 Å². The number of anilines is 1. The summed E-state index contributed by atoms with van der Waals surface area (Å²) in [6, 6.07) is 14.8. The van der Waals surface area contributed by atoms with Crippen molar-refractivity contribution >= 4 is 43.5 Å². The van der Waals surface area contributed by atoms with Crippen LogP contribution < -0.4 is 20.3 Å². The molecule has 3 N–H and O–H groups in total. The van der Waals surface area contributed by atoms with Crippen molar-refractivity contribution in [1.29, 1.82) is 0 Å². The molecule has 0 fully saturated rings. The molecule has 0 saturated carbocycles. The Hall–Kier alpha value is -3.31. The number of rotatable bonds is 6. The van der Waals surface area contributed by atoms with Crippen LogP contribution in [0.3, 0.4) is 0 Å². The summed E-state index contributed by atoms with van der Waals surface area (Å²) in [5, 5.41) is 0. The van der Waals surface area contributed by atoms with E-state index in [0.717, 1.165) is 0 Å². The molecule has 2 amide bonds. The van der Waals surface area contributed by atoms with E-state index in [1.807, 2.05) is 0 Å². The molecule has 30 heavy (non-hydrogen) atoms. The SMILES string of the molecule is COc1ccccc1NS(=O)(=O)c1cccc(C(=O)NNC(=O)c2ccc(Br)o2)c1. The second kappa shape index (κ2) is 9.01. The standard InChI is InChI=1S/C19H16BrN3O6S/c1-28-15-8-3-2-7-14(15)23-30(26,27)13-6-4-5-12(11-13)18(24)21-22-19(25)16-9-10-17(20)29-16/h2-11,23H,1H3,(H,21,24)(H,22,25). The number of hydrogen-bond acceptors (Lipinski definition) is 6. The zero-order valence-electron chi connectivity index (χ0n) is 15.5. The maximum Gasteiger partial charge on any atom is 0.305 e. The fourth-order valence-corrected chi connectivity index (χ4v) is 3.84. The first-order valence-electron chi connectivity index (χ1n) is 8.42. The Labute approximate surface area is 180 Å². The van der Waals surface area contributed by atoms with Crippen molar-refractivity contribution in [3.8, 4) is 5.75 Å². The predicted molar refractivity (Wildman–Crippen MR) is 112 cm³/mol. The summed E-state index contributed by atoms with van der Waals surface area (Å²) in [5.41, 5.74) is 4.68. The number of benzene rings is 2. The fourth-order valence-electron chi connectivity index (χ4n) is 2.42. The monoisotopic (exact) mass is 493 g/mol. The number of methoxy groups -OCH3 is 1. The predicted octanol–water partition coefficient (Wildman–Crippen LogP) is 2.93. The number of amides is 2. The first kappa shape index (κ1) is 21.4. The highest BCUT2D eigenvalue weighted by Gasteiger charge is 2.19. The Morgan fingerprint density at radius 3 is 2.40 bits per heavy atom. The largest absolute Gasteiger partial charge is 0.495 e. The van der Waals surface area contributed by atoms with Gasteiger partial charge in [-0.2, -0.15) is 0 Å². The molecule has 3 rings (SSSR count). The highest BCUT2D eigenvalue weighted by Crippen LogP contribution is 2.26. The highest BCUT2D eigenvalue weighted by atomic mass is 79.9. The number of hydrogen-bond donors (Lipinski definition) is 3. The minimum Gasteiger partial charge on any atom is -0.495 e. The van der Waals surface area contributed by atoms with Crippen LogP contribution in [0.5, 0.6) is 5.75 Å². The Bertz CT molecular complexity index is 1190. The Balaban J connectivity index is 1.73. The number of ether oxygens (including phenoxy) is 1. The molecule has 0 aliphatic heterocycles. The zero-order valence-corrected chi connectivity index (χ0v) is 17.9. The summed E-state index contributed by atoms with van der Waals surface area (Å²) in [7, 11) is -2.57. The van der Waals surface area contributed by atoms with Gasteiger partial charge < -0.3 is 9.15 Å². The van der Waals surface area contributed by atoms with Crippen LogP contribution in [0.4, 0.5) is 5.69 Å². The van der Waals surface area contributed by atoms with Crippen molar-refractivity contribution in [2.45, 2.75) is 4.90 Å². The number of halogens is 1. The van der Waals surface area contributed by atoms with Crippen LogP contribution in [0.15, 0.2) is 74.6 Å². The number of carbonyl (C=O) groups excluding carboxylic acids is 2. The van der Waals surface area contributed by atoms with Gasteiger partial charge in [0.2, 0.25) is 0 Å². The molecule has 1 heterocycles. The lowest BCUT2D eigenvalue weighted by Crippen LogP contribution is -2.41. The van der Waals surface area contributed by atoms with Gasteiger partial charge in [0.1, 0.15) is 5.75 Å². The van der Waals surface area contributed by atoms with E-state index in [1.165, 1.54) is 43.5 Å². The molecule has 156 valence electrons. The molecule has 9 nitrogen and oxygen atoms in total. The van der Waals surface area contributed by atoms with Crippen molar-refractivity contribution in [3.63, 3.8) is 0 Å². The van der Waals surface area contributed by atoms with Gasteiger partial charge in [-0.1, -0.05) is 18.2 Å². The lowest BCUT2D eigenvalue weighted by atomic mass is 10.2. The molecule has 0 atom stereocenters. The average molecular weight is 494 g/mol. The third kappa shape index (κ3) is 4.99. The molecule has 3 aromatic rings. The van der Waals surface area contributed by atoms with Crippen LogP contribution >= 0.6 is 15.9 Å². The van der Waals surface area contributed by atoms with E-state index < -0.39 is 21.8 Å². The molecular weight excluding hydrogens is 478 g/mol. The molecular formula is C19H16BrN3O6S. The summed E-state index contributed by atoms with van der Waals surface area (Å²) < 4.78 is 38.4. The normalized spacial score (nSPS) is 10.9. The minimum atomic E-state index is -3.99. The Morgan fingerprint density at radius 2 is 1.70 bits per heavy atom. The molecule has 0 aliphatic carbocycles. The van der Waals surface area contributed by atoms with E-state index in [9.17, 15) is 18.0 Å². The summed E-state index contributed by atoms with van der Waals surface area (Å²) in [5.74, 6) is -1.04. The molecule has 11 heteroatoms. The van der Waals surface area contributed by atoms with E-state index in [-0.39, 0.29) is 21.9 Å². The molecule has 0 radical (unpaired) electrons. The molecule has 0 aliphatic rings. The number of sulfonamides is 1. The Morgan fingerprint density at radius 1 is 0.967 bits per heavy atom. The molecule has 1 aromatic heterocycles. The third-order valence-corrected chi connectivity index (χ3v) is 5.63. The number of nitrogens with one attached hydrogen (secondary N) is 3. The quantitative estimate of drug-likeness (QED) is 0.453. The van der Waals surface area contributed by atoms with Gasteiger partial charge in [0, 0.05) is 5.56 Å². The van der Waals surface area contributed by atoms with Crippen LogP contribution in [0, 0.1) is 0 Å². The van der Waals surface area contributed by atoms with Gasteiger partial charge in [-0.05, 0) is 58.4 Å². The zero-order chi connectivity index (χ0) is 21.7. The second-order valence-electron chi connectivity index (χ2n) is 5.85. The molecule has 0 bridgehead atoms. The molecule has 0 spiro atoms.